The number of hydrogen-bond acceptors (Lipinski definition) is 3. The molecule has 1 N–H and O–H groups in total. The average Bonchev–Trinajstić information content (AvgIpc) is 2.26. The maximum absolute atomic E-state index is 11.4. The van der Waals surface area contributed by atoms with E-state index in [2.05, 4.69) is 10.3 Å². The quantitative estimate of drug-likeness (QED) is 0.717. The van der Waals surface area contributed by atoms with Gasteiger partial charge in [0.25, 0.3) is 0 Å². The first-order chi connectivity index (χ1) is 6.74. The third-order valence-electron chi connectivity index (χ3n) is 1.75. The van der Waals surface area contributed by atoms with Crippen LogP contribution >= 0.6 is 0 Å². The van der Waals surface area contributed by atoms with Gasteiger partial charge >= 0.3 is 0 Å². The lowest BCUT2D eigenvalue weighted by atomic mass is 10.2. The van der Waals surface area contributed by atoms with Crippen LogP contribution in [0.4, 0.5) is 0 Å². The van der Waals surface area contributed by atoms with Crippen molar-refractivity contribution < 1.29 is 9.59 Å². The van der Waals surface area contributed by atoms with Crippen molar-refractivity contribution in [1.82, 2.24) is 10.3 Å². The zero-order chi connectivity index (χ0) is 10.4. The maximum atomic E-state index is 11.4. The van der Waals surface area contributed by atoms with Crippen LogP contribution in [0.2, 0.25) is 0 Å². The SMILES string of the molecule is CCC(=O)NCC(=O)c1cccnc1. The molecule has 1 aromatic heterocycles. The van der Waals surface area contributed by atoms with Crippen LogP contribution in [0.15, 0.2) is 24.5 Å². The summed E-state index contributed by atoms with van der Waals surface area (Å²) in [6, 6.07) is 3.36. The third kappa shape index (κ3) is 2.97. The number of carbonyl (C=O) groups excluding carboxylic acids is 2. The van der Waals surface area contributed by atoms with Crippen molar-refractivity contribution >= 4 is 11.7 Å². The van der Waals surface area contributed by atoms with Crippen LogP contribution < -0.4 is 5.32 Å². The predicted molar refractivity (Wildman–Crippen MR) is 51.9 cm³/mol. The Labute approximate surface area is 82.3 Å². The highest BCUT2D eigenvalue weighted by atomic mass is 16.2. The summed E-state index contributed by atoms with van der Waals surface area (Å²) in [6.07, 6.45) is 3.47. The lowest BCUT2D eigenvalue weighted by molar-refractivity contribution is -0.120. The Morgan fingerprint density at radius 3 is 2.86 bits per heavy atom. The summed E-state index contributed by atoms with van der Waals surface area (Å²) in [5, 5.41) is 2.51. The molecule has 0 aliphatic rings. The van der Waals surface area contributed by atoms with Crippen LogP contribution in [-0.4, -0.2) is 23.2 Å². The number of amides is 1. The molecule has 0 spiro atoms. The molecule has 4 heteroatoms. The number of pyridine rings is 1. The fourth-order valence-electron chi connectivity index (χ4n) is 0.934. The van der Waals surface area contributed by atoms with Crippen molar-refractivity contribution in [2.45, 2.75) is 13.3 Å². The fraction of sp³-hybridized carbons (Fsp3) is 0.300. The summed E-state index contributed by atoms with van der Waals surface area (Å²) < 4.78 is 0. The van der Waals surface area contributed by atoms with Crippen LogP contribution in [-0.2, 0) is 4.79 Å². The van der Waals surface area contributed by atoms with Crippen molar-refractivity contribution in [3.05, 3.63) is 30.1 Å². The lowest BCUT2D eigenvalue weighted by Crippen LogP contribution is -2.28. The van der Waals surface area contributed by atoms with Gasteiger partial charge in [-0.2, -0.15) is 0 Å². The molecule has 0 radical (unpaired) electrons. The van der Waals surface area contributed by atoms with Gasteiger partial charge in [-0.25, -0.2) is 0 Å². The number of nitrogens with zero attached hydrogens (tertiary/aromatic N) is 1. The predicted octanol–water partition coefficient (Wildman–Crippen LogP) is 0.791. The van der Waals surface area contributed by atoms with E-state index in [0.717, 1.165) is 0 Å². The Morgan fingerprint density at radius 2 is 2.29 bits per heavy atom. The van der Waals surface area contributed by atoms with Crippen molar-refractivity contribution in [3.8, 4) is 0 Å². The molecule has 74 valence electrons. The van der Waals surface area contributed by atoms with Gasteiger partial charge in [-0.15, -0.1) is 0 Å². The molecule has 0 atom stereocenters. The highest BCUT2D eigenvalue weighted by Crippen LogP contribution is 1.96. The molecule has 0 fully saturated rings. The van der Waals surface area contributed by atoms with Gasteiger partial charge in [-0.3, -0.25) is 14.6 Å². The van der Waals surface area contributed by atoms with E-state index in [4.69, 9.17) is 0 Å². The van der Waals surface area contributed by atoms with Gasteiger partial charge in [-0.1, -0.05) is 6.92 Å². The van der Waals surface area contributed by atoms with Crippen molar-refractivity contribution in [2.75, 3.05) is 6.54 Å². The van der Waals surface area contributed by atoms with E-state index < -0.39 is 0 Å². The first-order valence-electron chi connectivity index (χ1n) is 4.44. The number of ketones is 1. The zero-order valence-corrected chi connectivity index (χ0v) is 7.99. The van der Waals surface area contributed by atoms with Crippen LogP contribution in [0.1, 0.15) is 23.7 Å². The lowest BCUT2D eigenvalue weighted by Gasteiger charge is -2.01. The van der Waals surface area contributed by atoms with Crippen molar-refractivity contribution in [2.24, 2.45) is 0 Å². The number of nitrogens with one attached hydrogen (secondary N) is 1. The van der Waals surface area contributed by atoms with Gasteiger partial charge in [0, 0.05) is 24.4 Å². The minimum Gasteiger partial charge on any atom is -0.349 e. The highest BCUT2D eigenvalue weighted by Gasteiger charge is 2.06. The summed E-state index contributed by atoms with van der Waals surface area (Å²) >= 11 is 0. The molecular weight excluding hydrogens is 180 g/mol. The summed E-state index contributed by atoms with van der Waals surface area (Å²) in [4.78, 5) is 26.1. The molecule has 0 saturated heterocycles. The topological polar surface area (TPSA) is 59.1 Å². The number of hydrogen-bond donors (Lipinski definition) is 1. The second-order valence-corrected chi connectivity index (χ2v) is 2.80. The van der Waals surface area contributed by atoms with Crippen LogP contribution in [0, 0.1) is 0 Å². The Kier molecular flexibility index (Phi) is 3.79. The fourth-order valence-corrected chi connectivity index (χ4v) is 0.934. The van der Waals surface area contributed by atoms with Crippen LogP contribution in [0.5, 0.6) is 0 Å². The van der Waals surface area contributed by atoms with Gasteiger partial charge in [0.2, 0.25) is 5.91 Å². The normalized spacial score (nSPS) is 9.50. The second-order valence-electron chi connectivity index (χ2n) is 2.80. The molecule has 1 amide bonds. The van der Waals surface area contributed by atoms with E-state index in [9.17, 15) is 9.59 Å². The van der Waals surface area contributed by atoms with Gasteiger partial charge in [0.1, 0.15) is 0 Å². The molecule has 0 aliphatic carbocycles. The highest BCUT2D eigenvalue weighted by molar-refractivity contribution is 5.98. The number of carbonyl (C=O) groups is 2. The minimum absolute atomic E-state index is 0.0400. The van der Waals surface area contributed by atoms with E-state index in [1.54, 1.807) is 25.3 Å². The Balaban J connectivity index is 2.48. The van der Waals surface area contributed by atoms with E-state index >= 15 is 0 Å². The zero-order valence-electron chi connectivity index (χ0n) is 7.99. The number of Topliss-reactive ketones (excluding diaryl/α,β-unsaturated/α-hetero) is 1. The van der Waals surface area contributed by atoms with Gasteiger partial charge < -0.3 is 5.32 Å². The van der Waals surface area contributed by atoms with E-state index in [0.29, 0.717) is 12.0 Å². The Morgan fingerprint density at radius 1 is 1.50 bits per heavy atom. The summed E-state index contributed by atoms with van der Waals surface area (Å²) in [6.45, 7) is 1.78. The van der Waals surface area contributed by atoms with Crippen LogP contribution in [0.25, 0.3) is 0 Å². The Bertz CT molecular complexity index is 322. The van der Waals surface area contributed by atoms with Crippen LogP contribution in [0.3, 0.4) is 0 Å². The average molecular weight is 192 g/mol. The van der Waals surface area contributed by atoms with Gasteiger partial charge in [0.05, 0.1) is 6.54 Å². The van der Waals surface area contributed by atoms with E-state index in [1.807, 2.05) is 0 Å². The molecule has 0 unspecified atom stereocenters. The molecular formula is C10H12N2O2. The largest absolute Gasteiger partial charge is 0.349 e. The first-order valence-corrected chi connectivity index (χ1v) is 4.44. The van der Waals surface area contributed by atoms with E-state index in [1.165, 1.54) is 6.20 Å². The summed E-state index contributed by atoms with van der Waals surface area (Å²) in [5.41, 5.74) is 0.518. The molecule has 0 aliphatic heterocycles. The Hall–Kier alpha value is -1.71. The molecule has 0 saturated carbocycles. The third-order valence-corrected chi connectivity index (χ3v) is 1.75. The molecule has 1 heterocycles. The minimum atomic E-state index is -0.125. The van der Waals surface area contributed by atoms with E-state index in [-0.39, 0.29) is 18.2 Å². The summed E-state index contributed by atoms with van der Waals surface area (Å²) in [7, 11) is 0. The molecule has 4 nitrogen and oxygen atoms in total. The maximum Gasteiger partial charge on any atom is 0.220 e. The van der Waals surface area contributed by atoms with Crippen molar-refractivity contribution in [3.63, 3.8) is 0 Å². The molecule has 0 aromatic carbocycles. The number of rotatable bonds is 4. The summed E-state index contributed by atoms with van der Waals surface area (Å²) in [5.74, 6) is -0.248. The second kappa shape index (κ2) is 5.11. The van der Waals surface area contributed by atoms with Gasteiger partial charge in [0.15, 0.2) is 5.78 Å². The molecule has 1 rings (SSSR count). The molecule has 14 heavy (non-hydrogen) atoms. The van der Waals surface area contributed by atoms with Crippen molar-refractivity contribution in [1.29, 1.82) is 0 Å². The first kappa shape index (κ1) is 10.4. The monoisotopic (exact) mass is 192 g/mol. The molecule has 0 bridgehead atoms. The smallest absolute Gasteiger partial charge is 0.220 e. The van der Waals surface area contributed by atoms with Gasteiger partial charge in [-0.05, 0) is 12.1 Å². The standard InChI is InChI=1S/C10H12N2O2/c1-2-10(14)12-7-9(13)8-4-3-5-11-6-8/h3-6H,2,7H2,1H3,(H,12,14). The molecule has 1 aromatic rings. The number of aromatic nitrogens is 1.